The van der Waals surface area contributed by atoms with E-state index in [-0.39, 0.29) is 22.7 Å². The van der Waals surface area contributed by atoms with Crippen molar-refractivity contribution in [3.63, 3.8) is 0 Å². The monoisotopic (exact) mass is 390 g/mol. The van der Waals surface area contributed by atoms with Gasteiger partial charge >= 0.3 is 0 Å². The zero-order valence-corrected chi connectivity index (χ0v) is 14.8. The van der Waals surface area contributed by atoms with E-state index in [0.717, 1.165) is 12.1 Å². The van der Waals surface area contributed by atoms with Crippen LogP contribution >= 0.6 is 0 Å². The predicted octanol–water partition coefficient (Wildman–Crippen LogP) is 2.01. The summed E-state index contributed by atoms with van der Waals surface area (Å²) in [5, 5.41) is 24.4. The highest BCUT2D eigenvalue weighted by molar-refractivity contribution is 6.22. The topological polar surface area (TPSA) is 193 Å². The molecule has 0 spiro atoms. The molecule has 1 atom stereocenters. The summed E-state index contributed by atoms with van der Waals surface area (Å²) in [5.41, 5.74) is 10.6. The smallest absolute Gasteiger partial charge is 0.274 e. The highest BCUT2D eigenvalue weighted by Crippen LogP contribution is 2.43. The lowest BCUT2D eigenvalue weighted by Crippen LogP contribution is -2.44. The molecule has 148 valence electrons. The maximum Gasteiger partial charge on any atom is 0.274 e. The van der Waals surface area contributed by atoms with Gasteiger partial charge in [0.05, 0.1) is 16.9 Å². The lowest BCUT2D eigenvalue weighted by molar-refractivity contribution is -0.385. The van der Waals surface area contributed by atoms with Crippen LogP contribution in [0, 0.1) is 10.1 Å². The Bertz CT molecular complexity index is 880. The Labute approximate surface area is 158 Å². The van der Waals surface area contributed by atoms with Crippen LogP contribution in [-0.2, 0) is 19.8 Å². The Morgan fingerprint density at radius 1 is 1.39 bits per heavy atom. The number of carbonyl (C=O) groups is 3. The lowest BCUT2D eigenvalue weighted by atomic mass is 9.73. The standard InChI is InChI=1S/C16H18N6O6/c17-7-3-1-2-4-13(23)16(9-14(24)21(26)15(16)25)11-6-5-10(19-20-18)8-12(11)22(27)28/h5-6,8,26H,1-4,7,9,17H2. The molecule has 2 amide bonds. The van der Waals surface area contributed by atoms with Gasteiger partial charge in [0, 0.05) is 23.1 Å². The van der Waals surface area contributed by atoms with Gasteiger partial charge in [-0.2, -0.15) is 5.06 Å². The zero-order chi connectivity index (χ0) is 20.9. The first-order valence-corrected chi connectivity index (χ1v) is 8.43. The van der Waals surface area contributed by atoms with Crippen molar-refractivity contribution in [2.75, 3.05) is 6.54 Å². The number of hydrogen-bond acceptors (Lipinski definition) is 8. The van der Waals surface area contributed by atoms with E-state index in [4.69, 9.17) is 11.3 Å². The second kappa shape index (κ2) is 8.57. The summed E-state index contributed by atoms with van der Waals surface area (Å²) in [6.45, 7) is 0.424. The number of nitrogens with two attached hydrogens (primary N) is 1. The number of hydrogen-bond donors (Lipinski definition) is 2. The quantitative estimate of drug-likeness (QED) is 0.0740. The van der Waals surface area contributed by atoms with Gasteiger partial charge in [0.2, 0.25) is 0 Å². The first-order valence-electron chi connectivity index (χ1n) is 8.43. The van der Waals surface area contributed by atoms with Gasteiger partial charge in [0.15, 0.2) is 11.2 Å². The van der Waals surface area contributed by atoms with Gasteiger partial charge in [0.25, 0.3) is 17.5 Å². The maximum absolute atomic E-state index is 13.0. The molecule has 1 unspecified atom stereocenters. The number of azide groups is 1. The van der Waals surface area contributed by atoms with E-state index in [1.165, 1.54) is 6.07 Å². The summed E-state index contributed by atoms with van der Waals surface area (Å²) in [4.78, 5) is 50.8. The highest BCUT2D eigenvalue weighted by Gasteiger charge is 2.59. The molecule has 0 aromatic heterocycles. The van der Waals surface area contributed by atoms with Crippen molar-refractivity contribution in [1.82, 2.24) is 5.06 Å². The molecule has 1 aromatic carbocycles. The van der Waals surface area contributed by atoms with Crippen LogP contribution in [0.3, 0.4) is 0 Å². The SMILES string of the molecule is [N-]=[N+]=Nc1ccc(C2(C(=O)CCCCCN)CC(=O)N(O)C2=O)c([N+](=O)[O-])c1. The minimum absolute atomic E-state index is 0.0962. The van der Waals surface area contributed by atoms with Crippen LogP contribution in [0.2, 0.25) is 0 Å². The number of carbonyl (C=O) groups excluding carboxylic acids is 3. The molecular formula is C16H18N6O6. The minimum atomic E-state index is -2.20. The van der Waals surface area contributed by atoms with E-state index < -0.39 is 40.0 Å². The molecule has 1 aromatic rings. The van der Waals surface area contributed by atoms with Gasteiger partial charge in [-0.25, -0.2) is 0 Å². The molecule has 0 saturated carbocycles. The summed E-state index contributed by atoms with van der Waals surface area (Å²) >= 11 is 0. The molecule has 1 aliphatic heterocycles. The molecule has 28 heavy (non-hydrogen) atoms. The fourth-order valence-electron chi connectivity index (χ4n) is 3.22. The van der Waals surface area contributed by atoms with Crippen molar-refractivity contribution in [2.45, 2.75) is 37.5 Å². The Hall–Kier alpha value is -3.34. The van der Waals surface area contributed by atoms with Crippen molar-refractivity contribution >= 4 is 29.0 Å². The Kier molecular flexibility index (Phi) is 6.41. The normalized spacial score (nSPS) is 18.9. The molecule has 1 aliphatic rings. The van der Waals surface area contributed by atoms with Gasteiger partial charge in [-0.3, -0.25) is 29.7 Å². The first-order chi connectivity index (χ1) is 13.3. The molecule has 0 bridgehead atoms. The summed E-state index contributed by atoms with van der Waals surface area (Å²) in [7, 11) is 0. The number of imide groups is 1. The van der Waals surface area contributed by atoms with Crippen LogP contribution in [0.1, 0.15) is 37.7 Å². The summed E-state index contributed by atoms with van der Waals surface area (Å²) in [6, 6.07) is 3.21. The second-order valence-electron chi connectivity index (χ2n) is 6.26. The summed E-state index contributed by atoms with van der Waals surface area (Å²) in [5.74, 6) is -2.98. The first kappa shape index (κ1) is 21.0. The van der Waals surface area contributed by atoms with Crippen molar-refractivity contribution in [1.29, 1.82) is 0 Å². The van der Waals surface area contributed by atoms with Gasteiger partial charge in [-0.1, -0.05) is 23.7 Å². The van der Waals surface area contributed by atoms with Crippen LogP contribution in [0.5, 0.6) is 0 Å². The van der Waals surface area contributed by atoms with Gasteiger partial charge in [-0.05, 0) is 24.9 Å². The average molecular weight is 390 g/mol. The number of Topliss-reactive ketones (excluding diaryl/α,β-unsaturated/α-hetero) is 1. The van der Waals surface area contributed by atoms with Crippen LogP contribution in [0.4, 0.5) is 11.4 Å². The van der Waals surface area contributed by atoms with Gasteiger partial charge in [0.1, 0.15) is 0 Å². The van der Waals surface area contributed by atoms with E-state index in [9.17, 15) is 29.7 Å². The number of ketones is 1. The lowest BCUT2D eigenvalue weighted by Gasteiger charge is -2.24. The third-order valence-electron chi connectivity index (χ3n) is 4.59. The molecule has 12 heteroatoms. The third-order valence-corrected chi connectivity index (χ3v) is 4.59. The van der Waals surface area contributed by atoms with Gasteiger partial charge < -0.3 is 5.73 Å². The maximum atomic E-state index is 13.0. The molecule has 1 heterocycles. The van der Waals surface area contributed by atoms with E-state index >= 15 is 0 Å². The molecule has 1 saturated heterocycles. The Morgan fingerprint density at radius 3 is 2.64 bits per heavy atom. The molecule has 0 radical (unpaired) electrons. The number of amides is 2. The fraction of sp³-hybridized carbons (Fsp3) is 0.438. The zero-order valence-electron chi connectivity index (χ0n) is 14.8. The number of unbranched alkanes of at least 4 members (excludes halogenated alkanes) is 2. The van der Waals surface area contributed by atoms with E-state index in [2.05, 4.69) is 10.0 Å². The number of hydroxylamine groups is 2. The number of rotatable bonds is 9. The Morgan fingerprint density at radius 2 is 2.11 bits per heavy atom. The molecule has 1 fully saturated rings. The van der Waals surface area contributed by atoms with Crippen molar-refractivity contribution in [3.05, 3.63) is 44.3 Å². The van der Waals surface area contributed by atoms with E-state index in [1.54, 1.807) is 0 Å². The molecule has 3 N–H and O–H groups in total. The van der Waals surface area contributed by atoms with Crippen LogP contribution in [-0.4, -0.2) is 39.3 Å². The van der Waals surface area contributed by atoms with Crippen LogP contribution in [0.25, 0.3) is 10.4 Å². The molecule has 2 rings (SSSR count). The predicted molar refractivity (Wildman–Crippen MR) is 94.4 cm³/mol. The Balaban J connectivity index is 2.59. The van der Waals surface area contributed by atoms with Crippen molar-refractivity contribution in [2.24, 2.45) is 10.8 Å². The van der Waals surface area contributed by atoms with Crippen LogP contribution in [0.15, 0.2) is 23.3 Å². The number of benzene rings is 1. The van der Waals surface area contributed by atoms with E-state index in [1.807, 2.05) is 0 Å². The fourth-order valence-corrected chi connectivity index (χ4v) is 3.22. The van der Waals surface area contributed by atoms with E-state index in [0.29, 0.717) is 25.8 Å². The average Bonchev–Trinajstić information content (AvgIpc) is 2.90. The van der Waals surface area contributed by atoms with Gasteiger partial charge in [-0.15, -0.1) is 0 Å². The third kappa shape index (κ3) is 3.69. The number of nitro benzene ring substituents is 1. The van der Waals surface area contributed by atoms with Crippen molar-refractivity contribution in [3.8, 4) is 0 Å². The highest BCUT2D eigenvalue weighted by atomic mass is 16.6. The second-order valence-corrected chi connectivity index (χ2v) is 6.26. The number of nitro groups is 1. The van der Waals surface area contributed by atoms with Crippen LogP contribution < -0.4 is 5.73 Å². The minimum Gasteiger partial charge on any atom is -0.330 e. The molecule has 12 nitrogen and oxygen atoms in total. The van der Waals surface area contributed by atoms with Crippen molar-refractivity contribution < 1.29 is 24.5 Å². The number of nitrogens with zero attached hydrogens (tertiary/aromatic N) is 5. The summed E-state index contributed by atoms with van der Waals surface area (Å²) < 4.78 is 0. The molecular weight excluding hydrogens is 372 g/mol. The summed E-state index contributed by atoms with van der Waals surface area (Å²) in [6.07, 6.45) is 0.776. The largest absolute Gasteiger partial charge is 0.330 e. The molecule has 0 aliphatic carbocycles.